The van der Waals surface area contributed by atoms with Gasteiger partial charge in [-0.05, 0) is 43.5 Å². The third-order valence-electron chi connectivity index (χ3n) is 4.53. The highest BCUT2D eigenvalue weighted by Crippen LogP contribution is 2.33. The van der Waals surface area contributed by atoms with Gasteiger partial charge in [0.05, 0.1) is 13.1 Å². The lowest BCUT2D eigenvalue weighted by Crippen LogP contribution is -2.36. The topological polar surface area (TPSA) is 79.0 Å². The molecule has 0 radical (unpaired) electrons. The summed E-state index contributed by atoms with van der Waals surface area (Å²) in [7, 11) is 0. The number of rotatable bonds is 4. The van der Waals surface area contributed by atoms with Crippen molar-refractivity contribution in [3.63, 3.8) is 0 Å². The SMILES string of the molecule is CC(=O)NC[C@H]1CN(c2ccc3c(c2)CC[C@@H](C)N3C=O)C(=O)O1. The van der Waals surface area contributed by atoms with Crippen molar-refractivity contribution in [1.29, 1.82) is 0 Å². The minimum Gasteiger partial charge on any atom is -0.442 e. The molecule has 2 heterocycles. The zero-order valence-corrected chi connectivity index (χ0v) is 13.8. The van der Waals surface area contributed by atoms with Crippen LogP contribution < -0.4 is 15.1 Å². The Labute approximate surface area is 140 Å². The van der Waals surface area contributed by atoms with Crippen molar-refractivity contribution in [2.45, 2.75) is 38.8 Å². The first-order valence-corrected chi connectivity index (χ1v) is 8.08. The average Bonchev–Trinajstić information content (AvgIpc) is 2.93. The van der Waals surface area contributed by atoms with E-state index >= 15 is 0 Å². The molecule has 2 atom stereocenters. The van der Waals surface area contributed by atoms with Crippen molar-refractivity contribution >= 4 is 29.8 Å². The zero-order chi connectivity index (χ0) is 17.3. The predicted molar refractivity (Wildman–Crippen MR) is 89.1 cm³/mol. The highest BCUT2D eigenvalue weighted by atomic mass is 16.6. The van der Waals surface area contributed by atoms with Crippen LogP contribution in [0.5, 0.6) is 0 Å². The lowest BCUT2D eigenvalue weighted by atomic mass is 9.96. The van der Waals surface area contributed by atoms with Crippen LogP contribution in [-0.2, 0) is 20.7 Å². The molecular formula is C17H21N3O4. The molecule has 0 aromatic heterocycles. The molecule has 128 valence electrons. The fourth-order valence-electron chi connectivity index (χ4n) is 3.19. The number of hydrogen-bond acceptors (Lipinski definition) is 4. The Kier molecular flexibility index (Phi) is 4.42. The lowest BCUT2D eigenvalue weighted by molar-refractivity contribution is -0.119. The number of carbonyl (C=O) groups excluding carboxylic acids is 3. The van der Waals surface area contributed by atoms with E-state index in [1.807, 2.05) is 25.1 Å². The molecule has 0 unspecified atom stereocenters. The van der Waals surface area contributed by atoms with E-state index in [-0.39, 0.29) is 18.1 Å². The quantitative estimate of drug-likeness (QED) is 0.847. The Morgan fingerprint density at radius 3 is 2.96 bits per heavy atom. The zero-order valence-electron chi connectivity index (χ0n) is 13.8. The van der Waals surface area contributed by atoms with Crippen LogP contribution in [0.25, 0.3) is 0 Å². The monoisotopic (exact) mass is 331 g/mol. The molecule has 0 bridgehead atoms. The summed E-state index contributed by atoms with van der Waals surface area (Å²) in [6, 6.07) is 5.83. The van der Waals surface area contributed by atoms with Crippen molar-refractivity contribution in [3.05, 3.63) is 23.8 Å². The smallest absolute Gasteiger partial charge is 0.414 e. The Morgan fingerprint density at radius 1 is 1.46 bits per heavy atom. The highest BCUT2D eigenvalue weighted by Gasteiger charge is 2.33. The Bertz CT molecular complexity index is 676. The first-order valence-electron chi connectivity index (χ1n) is 8.08. The molecule has 1 fully saturated rings. The molecule has 1 aromatic rings. The second-order valence-corrected chi connectivity index (χ2v) is 6.27. The summed E-state index contributed by atoms with van der Waals surface area (Å²) >= 11 is 0. The molecule has 24 heavy (non-hydrogen) atoms. The van der Waals surface area contributed by atoms with Gasteiger partial charge in [-0.15, -0.1) is 0 Å². The molecule has 0 saturated carbocycles. The molecule has 0 spiro atoms. The minimum absolute atomic E-state index is 0.152. The molecule has 2 aliphatic rings. The Balaban J connectivity index is 1.77. The summed E-state index contributed by atoms with van der Waals surface area (Å²) in [6.07, 6.45) is 1.85. The van der Waals surface area contributed by atoms with Crippen LogP contribution in [0.1, 0.15) is 25.8 Å². The number of hydrogen-bond donors (Lipinski definition) is 1. The highest BCUT2D eigenvalue weighted by molar-refractivity contribution is 5.91. The summed E-state index contributed by atoms with van der Waals surface area (Å²) in [4.78, 5) is 37.7. The summed E-state index contributed by atoms with van der Waals surface area (Å²) in [6.45, 7) is 4.15. The molecule has 1 aromatic carbocycles. The number of carbonyl (C=O) groups is 3. The fourth-order valence-corrected chi connectivity index (χ4v) is 3.19. The van der Waals surface area contributed by atoms with Crippen LogP contribution in [0.2, 0.25) is 0 Å². The molecule has 0 aliphatic carbocycles. The van der Waals surface area contributed by atoms with Gasteiger partial charge in [0.2, 0.25) is 12.3 Å². The van der Waals surface area contributed by atoms with Gasteiger partial charge in [0.25, 0.3) is 0 Å². The van der Waals surface area contributed by atoms with Gasteiger partial charge in [-0.25, -0.2) is 4.79 Å². The van der Waals surface area contributed by atoms with E-state index in [9.17, 15) is 14.4 Å². The summed E-state index contributed by atoms with van der Waals surface area (Å²) in [5.74, 6) is -0.152. The molecule has 3 rings (SSSR count). The number of amides is 3. The Morgan fingerprint density at radius 2 is 2.25 bits per heavy atom. The number of aryl methyl sites for hydroxylation is 1. The number of benzene rings is 1. The third-order valence-corrected chi connectivity index (χ3v) is 4.53. The molecule has 2 aliphatic heterocycles. The van der Waals surface area contributed by atoms with E-state index in [1.54, 1.807) is 9.80 Å². The Hall–Kier alpha value is -2.57. The molecule has 3 amide bonds. The van der Waals surface area contributed by atoms with Crippen molar-refractivity contribution in [2.75, 3.05) is 22.9 Å². The van der Waals surface area contributed by atoms with E-state index in [4.69, 9.17) is 4.74 Å². The predicted octanol–water partition coefficient (Wildman–Crippen LogP) is 1.45. The largest absolute Gasteiger partial charge is 0.442 e. The van der Waals surface area contributed by atoms with Crippen LogP contribution in [-0.4, -0.2) is 43.6 Å². The summed E-state index contributed by atoms with van der Waals surface area (Å²) < 4.78 is 5.29. The molecule has 7 nitrogen and oxygen atoms in total. The maximum atomic E-state index is 12.1. The second-order valence-electron chi connectivity index (χ2n) is 6.27. The van der Waals surface area contributed by atoms with E-state index in [2.05, 4.69) is 5.32 Å². The number of ether oxygens (including phenoxy) is 1. The normalized spacial score (nSPS) is 22.8. The number of anilines is 2. The van der Waals surface area contributed by atoms with Crippen molar-refractivity contribution in [2.24, 2.45) is 0 Å². The summed E-state index contributed by atoms with van der Waals surface area (Å²) in [5, 5.41) is 2.66. The average molecular weight is 331 g/mol. The third kappa shape index (κ3) is 3.06. The summed E-state index contributed by atoms with van der Waals surface area (Å²) in [5.41, 5.74) is 2.70. The van der Waals surface area contributed by atoms with Crippen LogP contribution in [0.15, 0.2) is 18.2 Å². The maximum Gasteiger partial charge on any atom is 0.414 e. The minimum atomic E-state index is -0.415. The number of nitrogens with one attached hydrogen (secondary N) is 1. The lowest BCUT2D eigenvalue weighted by Gasteiger charge is -2.32. The van der Waals surface area contributed by atoms with Crippen LogP contribution in [0.3, 0.4) is 0 Å². The van der Waals surface area contributed by atoms with Crippen molar-refractivity contribution in [3.8, 4) is 0 Å². The first kappa shape index (κ1) is 16.3. The van der Waals surface area contributed by atoms with Gasteiger partial charge in [-0.1, -0.05) is 0 Å². The van der Waals surface area contributed by atoms with Gasteiger partial charge in [-0.2, -0.15) is 0 Å². The van der Waals surface area contributed by atoms with Crippen LogP contribution in [0, 0.1) is 0 Å². The van der Waals surface area contributed by atoms with Gasteiger partial charge >= 0.3 is 6.09 Å². The first-order chi connectivity index (χ1) is 11.5. The standard InChI is InChI=1S/C17H21N3O4/c1-11-3-4-13-7-14(5-6-16(13)20(11)10-21)19-9-15(24-17(19)23)8-18-12(2)22/h5-7,10-11,15H,3-4,8-9H2,1-2H3,(H,18,22)/t11-,15+/m1/s1. The van der Waals surface area contributed by atoms with E-state index in [1.165, 1.54) is 6.92 Å². The van der Waals surface area contributed by atoms with Crippen molar-refractivity contribution < 1.29 is 19.1 Å². The van der Waals surface area contributed by atoms with E-state index in [0.29, 0.717) is 13.1 Å². The maximum absolute atomic E-state index is 12.1. The molecular weight excluding hydrogens is 310 g/mol. The van der Waals surface area contributed by atoms with E-state index in [0.717, 1.165) is 36.2 Å². The van der Waals surface area contributed by atoms with Gasteiger partial charge in [0.1, 0.15) is 6.10 Å². The van der Waals surface area contributed by atoms with Gasteiger partial charge in [0.15, 0.2) is 0 Å². The molecule has 7 heteroatoms. The molecule has 1 N–H and O–H groups in total. The van der Waals surface area contributed by atoms with Crippen LogP contribution in [0.4, 0.5) is 16.2 Å². The van der Waals surface area contributed by atoms with Crippen molar-refractivity contribution in [1.82, 2.24) is 5.32 Å². The molecule has 1 saturated heterocycles. The van der Waals surface area contributed by atoms with E-state index < -0.39 is 6.09 Å². The number of cyclic esters (lactones) is 1. The fraction of sp³-hybridized carbons (Fsp3) is 0.471. The van der Waals surface area contributed by atoms with Gasteiger partial charge in [0, 0.05) is 24.3 Å². The second kappa shape index (κ2) is 6.51. The van der Waals surface area contributed by atoms with Gasteiger partial charge in [-0.3, -0.25) is 14.5 Å². The number of nitrogens with zero attached hydrogens (tertiary/aromatic N) is 2. The number of fused-ring (bicyclic) bond motifs is 1. The van der Waals surface area contributed by atoms with Gasteiger partial charge < -0.3 is 15.0 Å². The van der Waals surface area contributed by atoms with Crippen LogP contribution >= 0.6 is 0 Å².